The van der Waals surface area contributed by atoms with E-state index in [1.807, 2.05) is 4.90 Å². The third-order valence-corrected chi connectivity index (χ3v) is 6.82. The van der Waals surface area contributed by atoms with Gasteiger partial charge in [0.2, 0.25) is 0 Å². The largest absolute Gasteiger partial charge is 0.484 e. The van der Waals surface area contributed by atoms with Crippen molar-refractivity contribution in [1.82, 2.24) is 14.5 Å². The van der Waals surface area contributed by atoms with Crippen LogP contribution >= 0.6 is 11.6 Å². The first-order chi connectivity index (χ1) is 17.2. The number of amides is 1. The second-order valence-corrected chi connectivity index (χ2v) is 9.56. The zero-order valence-corrected chi connectivity index (χ0v) is 20.1. The maximum Gasteiger partial charge on any atom is 0.354 e. The van der Waals surface area contributed by atoms with Crippen LogP contribution in [0.25, 0.3) is 16.6 Å². The Labute approximate surface area is 210 Å². The topological polar surface area (TPSA) is 87.9 Å². The number of carbonyl (C=O) groups is 1. The highest BCUT2D eigenvalue weighted by atomic mass is 35.5. The van der Waals surface area contributed by atoms with E-state index in [1.165, 1.54) is 9.47 Å². The Morgan fingerprint density at radius 3 is 2.67 bits per heavy atom. The average molecular weight is 519 g/mol. The number of aliphatic hydroxyl groups excluding tert-OH is 1. The number of nitrogens with zero attached hydrogens (tertiary/aromatic N) is 4. The smallest absolute Gasteiger partial charge is 0.354 e. The lowest BCUT2D eigenvalue weighted by molar-refractivity contribution is -0.139. The van der Waals surface area contributed by atoms with Crippen LogP contribution in [0.3, 0.4) is 0 Å². The normalized spacial score (nSPS) is 19.6. The number of hydrogen-bond acceptors (Lipinski definition) is 6. The minimum atomic E-state index is -2.73. The number of hydrogen-bond donors (Lipinski definition) is 1. The van der Waals surface area contributed by atoms with Gasteiger partial charge in [0.25, 0.3) is 11.8 Å². The molecule has 5 rings (SSSR count). The van der Waals surface area contributed by atoms with Gasteiger partial charge in [0.1, 0.15) is 11.6 Å². The number of carbonyl (C=O) groups excluding carboxylic acids is 1. The molecule has 36 heavy (non-hydrogen) atoms. The summed E-state index contributed by atoms with van der Waals surface area (Å²) in [5, 5.41) is 11.1. The Hall–Kier alpha value is -3.24. The number of β-amino-alcohol motifs (C(OH)–C–C–N with tert-alkyl or cyclic N) is 1. The van der Waals surface area contributed by atoms with Gasteiger partial charge >= 0.3 is 5.69 Å². The molecule has 2 saturated heterocycles. The first kappa shape index (κ1) is 24.5. The number of piperidine rings is 1. The van der Waals surface area contributed by atoms with Crippen molar-refractivity contribution in [2.75, 3.05) is 37.7 Å². The fraction of sp³-hybridized carbons (Fsp3) is 0.400. The molecule has 0 radical (unpaired) electrons. The highest BCUT2D eigenvalue weighted by Gasteiger charge is 2.35. The number of likely N-dealkylation sites (tertiary alicyclic amines) is 1. The van der Waals surface area contributed by atoms with Crippen molar-refractivity contribution in [1.29, 1.82) is 0 Å². The van der Waals surface area contributed by atoms with E-state index in [0.717, 1.165) is 0 Å². The summed E-state index contributed by atoms with van der Waals surface area (Å²) in [6.45, 7) is 0.652. The summed E-state index contributed by atoms with van der Waals surface area (Å²) in [4.78, 5) is 33.2. The van der Waals surface area contributed by atoms with Gasteiger partial charge in [-0.15, -0.1) is 0 Å². The quantitative estimate of drug-likeness (QED) is 0.558. The standard InChI is InChI=1S/C25H25ClF2N4O4/c26-16-4-5-20-21(12-16)32(24(35)29-23(20)31-9-6-18(33)14-31)17-2-1-3-19(13-17)36-15-22(34)30-10-7-25(27,28)8-11-30/h1-5,12-13,18,33H,6-11,14-15H2/t18-/m1/s1. The van der Waals surface area contributed by atoms with Gasteiger partial charge in [-0.05, 0) is 36.8 Å². The number of aliphatic hydroxyl groups is 1. The Morgan fingerprint density at radius 1 is 1.17 bits per heavy atom. The van der Waals surface area contributed by atoms with E-state index in [2.05, 4.69) is 4.98 Å². The van der Waals surface area contributed by atoms with Crippen LogP contribution in [0.15, 0.2) is 47.3 Å². The SMILES string of the molecule is O=C(COc1cccc(-n2c(=O)nc(N3CC[C@@H](O)C3)c3ccc(Cl)cc32)c1)N1CCC(F)(F)CC1. The number of aromatic nitrogens is 2. The third kappa shape index (κ3) is 5.01. The predicted molar refractivity (Wildman–Crippen MR) is 131 cm³/mol. The van der Waals surface area contributed by atoms with E-state index >= 15 is 0 Å². The van der Waals surface area contributed by atoms with Crippen LogP contribution < -0.4 is 15.3 Å². The molecule has 3 heterocycles. The maximum atomic E-state index is 13.4. The predicted octanol–water partition coefficient (Wildman–Crippen LogP) is 3.25. The van der Waals surface area contributed by atoms with Crippen molar-refractivity contribution in [2.45, 2.75) is 31.3 Å². The first-order valence-corrected chi connectivity index (χ1v) is 12.1. The second-order valence-electron chi connectivity index (χ2n) is 9.13. The van der Waals surface area contributed by atoms with E-state index in [0.29, 0.717) is 52.7 Å². The molecule has 0 saturated carbocycles. The van der Waals surface area contributed by atoms with E-state index < -0.39 is 17.7 Å². The molecule has 1 atom stereocenters. The zero-order chi connectivity index (χ0) is 25.4. The fourth-order valence-electron chi connectivity index (χ4n) is 4.64. The second kappa shape index (κ2) is 9.67. The number of halogens is 3. The summed E-state index contributed by atoms with van der Waals surface area (Å²) in [7, 11) is 0. The lowest BCUT2D eigenvalue weighted by atomic mass is 10.1. The van der Waals surface area contributed by atoms with Crippen molar-refractivity contribution in [3.63, 3.8) is 0 Å². The van der Waals surface area contributed by atoms with Crippen LogP contribution in [0.4, 0.5) is 14.6 Å². The number of anilines is 1. The molecule has 8 nitrogen and oxygen atoms in total. The molecule has 1 amide bonds. The first-order valence-electron chi connectivity index (χ1n) is 11.7. The van der Waals surface area contributed by atoms with Crippen molar-refractivity contribution in [2.24, 2.45) is 0 Å². The molecule has 2 fully saturated rings. The van der Waals surface area contributed by atoms with E-state index in [9.17, 15) is 23.5 Å². The van der Waals surface area contributed by atoms with Gasteiger partial charge in [-0.3, -0.25) is 9.36 Å². The number of rotatable bonds is 5. The van der Waals surface area contributed by atoms with Gasteiger partial charge in [-0.2, -0.15) is 4.98 Å². The molecule has 2 aliphatic heterocycles. The Bertz CT molecular complexity index is 1360. The number of alkyl halides is 2. The lowest BCUT2D eigenvalue weighted by Gasteiger charge is -2.31. The van der Waals surface area contributed by atoms with E-state index in [1.54, 1.807) is 42.5 Å². The van der Waals surface area contributed by atoms with Crippen LogP contribution in [-0.2, 0) is 4.79 Å². The highest BCUT2D eigenvalue weighted by molar-refractivity contribution is 6.31. The van der Waals surface area contributed by atoms with Gasteiger partial charge in [-0.1, -0.05) is 17.7 Å². The lowest BCUT2D eigenvalue weighted by Crippen LogP contribution is -2.44. The van der Waals surface area contributed by atoms with Crippen LogP contribution in [-0.4, -0.2) is 70.3 Å². The number of fused-ring (bicyclic) bond motifs is 1. The average Bonchev–Trinajstić information content (AvgIpc) is 3.28. The molecule has 0 spiro atoms. The minimum Gasteiger partial charge on any atom is -0.484 e. The van der Waals surface area contributed by atoms with Crippen molar-refractivity contribution >= 4 is 34.2 Å². The molecule has 2 aromatic carbocycles. The summed E-state index contributed by atoms with van der Waals surface area (Å²) in [6.07, 6.45) is -0.592. The van der Waals surface area contributed by atoms with Crippen LogP contribution in [0.1, 0.15) is 19.3 Å². The molecule has 0 aliphatic carbocycles. The van der Waals surface area contributed by atoms with E-state index in [-0.39, 0.29) is 38.4 Å². The Morgan fingerprint density at radius 2 is 1.94 bits per heavy atom. The Balaban J connectivity index is 1.42. The van der Waals surface area contributed by atoms with Gasteiger partial charge in [0.15, 0.2) is 6.61 Å². The fourth-order valence-corrected chi connectivity index (χ4v) is 4.81. The Kier molecular flexibility index (Phi) is 6.57. The number of ether oxygens (including phenoxy) is 1. The maximum absolute atomic E-state index is 13.4. The molecule has 3 aromatic rings. The molecule has 0 bridgehead atoms. The molecular formula is C25H25ClF2N4O4. The number of benzene rings is 2. The monoisotopic (exact) mass is 518 g/mol. The van der Waals surface area contributed by atoms with Crippen LogP contribution in [0.5, 0.6) is 5.75 Å². The van der Waals surface area contributed by atoms with Crippen LogP contribution in [0.2, 0.25) is 5.02 Å². The summed E-state index contributed by atoms with van der Waals surface area (Å²) in [6, 6.07) is 11.8. The summed E-state index contributed by atoms with van der Waals surface area (Å²) >= 11 is 6.27. The minimum absolute atomic E-state index is 0.0105. The molecular weight excluding hydrogens is 494 g/mol. The van der Waals surface area contributed by atoms with Crippen molar-refractivity contribution in [3.05, 3.63) is 58.0 Å². The van der Waals surface area contributed by atoms with E-state index in [4.69, 9.17) is 16.3 Å². The van der Waals surface area contributed by atoms with Crippen molar-refractivity contribution < 1.29 is 23.4 Å². The third-order valence-electron chi connectivity index (χ3n) is 6.58. The van der Waals surface area contributed by atoms with Crippen molar-refractivity contribution in [3.8, 4) is 11.4 Å². The van der Waals surface area contributed by atoms with Gasteiger partial charge in [-0.25, -0.2) is 13.6 Å². The van der Waals surface area contributed by atoms with Gasteiger partial charge in [0.05, 0.1) is 17.3 Å². The molecule has 11 heteroatoms. The zero-order valence-electron chi connectivity index (χ0n) is 19.4. The summed E-state index contributed by atoms with van der Waals surface area (Å²) in [5.41, 5.74) is 0.486. The highest BCUT2D eigenvalue weighted by Crippen LogP contribution is 2.30. The van der Waals surface area contributed by atoms with Crippen LogP contribution in [0, 0.1) is 0 Å². The molecule has 1 N–H and O–H groups in total. The molecule has 1 aromatic heterocycles. The molecule has 190 valence electrons. The summed E-state index contributed by atoms with van der Waals surface area (Å²) in [5.74, 6) is -2.27. The summed E-state index contributed by atoms with van der Waals surface area (Å²) < 4.78 is 33.8. The van der Waals surface area contributed by atoms with Gasteiger partial charge in [0, 0.05) is 55.5 Å². The molecule has 2 aliphatic rings. The molecule has 0 unspecified atom stereocenters. The van der Waals surface area contributed by atoms with Gasteiger partial charge < -0.3 is 19.6 Å².